The second kappa shape index (κ2) is 8.12. The molecular formula is C15H19BrINO3. The minimum absolute atomic E-state index is 0.101. The molecule has 0 saturated heterocycles. The minimum atomic E-state index is -0.782. The molecule has 1 aromatic carbocycles. The van der Waals surface area contributed by atoms with Crippen LogP contribution in [0, 0.1) is 8.99 Å². The Labute approximate surface area is 147 Å². The number of hydrogen-bond donors (Lipinski definition) is 2. The van der Waals surface area contributed by atoms with Crippen LogP contribution in [0.3, 0.4) is 0 Å². The Hall–Kier alpha value is -0.630. The first kappa shape index (κ1) is 18.4. The van der Waals surface area contributed by atoms with Crippen LogP contribution in [0.25, 0.3) is 0 Å². The number of halogens is 2. The number of hydrogen-bond acceptors (Lipinski definition) is 2. The van der Waals surface area contributed by atoms with Crippen LogP contribution in [0.1, 0.15) is 43.5 Å². The topological polar surface area (TPSA) is 66.4 Å². The molecule has 4 nitrogen and oxygen atoms in total. The monoisotopic (exact) mass is 467 g/mol. The largest absolute Gasteiger partial charge is 0.481 e. The summed E-state index contributed by atoms with van der Waals surface area (Å²) in [4.78, 5) is 22.7. The Morgan fingerprint density at radius 3 is 2.62 bits per heavy atom. The highest BCUT2D eigenvalue weighted by atomic mass is 127. The van der Waals surface area contributed by atoms with Gasteiger partial charge in [0.15, 0.2) is 0 Å². The SMILES string of the molecule is CC(C)(CCNC(=O)c1cc(Br)ccc1I)CCC(=O)O. The summed E-state index contributed by atoms with van der Waals surface area (Å²) in [7, 11) is 0. The molecule has 0 bridgehead atoms. The molecule has 1 aromatic rings. The van der Waals surface area contributed by atoms with E-state index in [1.807, 2.05) is 26.0 Å². The number of nitrogens with one attached hydrogen (secondary N) is 1. The molecule has 0 heterocycles. The number of carboxylic acid groups (broad SMARTS) is 1. The van der Waals surface area contributed by atoms with Crippen molar-refractivity contribution in [3.8, 4) is 0 Å². The van der Waals surface area contributed by atoms with Gasteiger partial charge in [-0.05, 0) is 59.0 Å². The number of aliphatic carboxylic acids is 1. The van der Waals surface area contributed by atoms with Gasteiger partial charge in [0.2, 0.25) is 0 Å². The maximum atomic E-state index is 12.1. The van der Waals surface area contributed by atoms with Crippen LogP contribution in [0.4, 0.5) is 0 Å². The Balaban J connectivity index is 2.50. The highest BCUT2D eigenvalue weighted by molar-refractivity contribution is 14.1. The average Bonchev–Trinajstić information content (AvgIpc) is 2.39. The Morgan fingerprint density at radius 1 is 1.33 bits per heavy atom. The first-order valence-electron chi connectivity index (χ1n) is 6.66. The quantitative estimate of drug-likeness (QED) is 0.594. The van der Waals surface area contributed by atoms with Gasteiger partial charge in [0.25, 0.3) is 5.91 Å². The van der Waals surface area contributed by atoms with E-state index >= 15 is 0 Å². The third-order valence-electron chi connectivity index (χ3n) is 3.28. The van der Waals surface area contributed by atoms with Crippen molar-refractivity contribution < 1.29 is 14.7 Å². The van der Waals surface area contributed by atoms with E-state index < -0.39 is 5.97 Å². The van der Waals surface area contributed by atoms with Gasteiger partial charge in [0.05, 0.1) is 5.56 Å². The van der Waals surface area contributed by atoms with Crippen molar-refractivity contribution in [2.24, 2.45) is 5.41 Å². The van der Waals surface area contributed by atoms with Gasteiger partial charge in [-0.25, -0.2) is 0 Å². The molecule has 0 fully saturated rings. The zero-order chi connectivity index (χ0) is 16.0. The van der Waals surface area contributed by atoms with Gasteiger partial charge in [0, 0.05) is 21.0 Å². The van der Waals surface area contributed by atoms with Crippen molar-refractivity contribution in [1.29, 1.82) is 0 Å². The molecule has 0 aliphatic heterocycles. The first-order valence-corrected chi connectivity index (χ1v) is 8.53. The van der Waals surface area contributed by atoms with Gasteiger partial charge < -0.3 is 10.4 Å². The lowest BCUT2D eigenvalue weighted by atomic mass is 9.84. The summed E-state index contributed by atoms with van der Waals surface area (Å²) in [6, 6.07) is 5.58. The van der Waals surface area contributed by atoms with Crippen LogP contribution in [0.2, 0.25) is 0 Å². The molecule has 0 atom stereocenters. The summed E-state index contributed by atoms with van der Waals surface area (Å²) in [5.74, 6) is -0.884. The van der Waals surface area contributed by atoms with Crippen molar-refractivity contribution in [2.75, 3.05) is 6.54 Å². The fraction of sp³-hybridized carbons (Fsp3) is 0.467. The molecule has 0 aliphatic carbocycles. The third kappa shape index (κ3) is 6.78. The maximum Gasteiger partial charge on any atom is 0.303 e. The lowest BCUT2D eigenvalue weighted by Crippen LogP contribution is -2.29. The number of amides is 1. The second-order valence-corrected chi connectivity index (χ2v) is 7.77. The lowest BCUT2D eigenvalue weighted by Gasteiger charge is -2.23. The van der Waals surface area contributed by atoms with E-state index in [9.17, 15) is 9.59 Å². The molecule has 6 heteroatoms. The summed E-state index contributed by atoms with van der Waals surface area (Å²) in [6.07, 6.45) is 1.51. The highest BCUT2D eigenvalue weighted by Gasteiger charge is 2.19. The standard InChI is InChI=1S/C15H19BrINO3/c1-15(2,6-5-13(19)20)7-8-18-14(21)11-9-10(16)3-4-12(11)17/h3-4,9H,5-8H2,1-2H3,(H,18,21)(H,19,20). The first-order chi connectivity index (χ1) is 9.71. The van der Waals surface area contributed by atoms with Crippen molar-refractivity contribution in [3.63, 3.8) is 0 Å². The molecule has 0 spiro atoms. The van der Waals surface area contributed by atoms with Crippen molar-refractivity contribution in [2.45, 2.75) is 33.1 Å². The summed E-state index contributed by atoms with van der Waals surface area (Å²) in [5, 5.41) is 11.6. The van der Waals surface area contributed by atoms with E-state index in [0.29, 0.717) is 18.5 Å². The fourth-order valence-corrected chi connectivity index (χ4v) is 2.79. The average molecular weight is 468 g/mol. The zero-order valence-corrected chi connectivity index (χ0v) is 15.8. The molecule has 0 aromatic heterocycles. The summed E-state index contributed by atoms with van der Waals surface area (Å²) < 4.78 is 1.77. The number of carbonyl (C=O) groups excluding carboxylic acids is 1. The summed E-state index contributed by atoms with van der Waals surface area (Å²) >= 11 is 5.49. The Bertz CT molecular complexity index is 532. The molecule has 0 radical (unpaired) electrons. The number of benzene rings is 1. The van der Waals surface area contributed by atoms with Gasteiger partial charge >= 0.3 is 5.97 Å². The fourth-order valence-electron chi connectivity index (χ4n) is 1.85. The summed E-state index contributed by atoms with van der Waals surface area (Å²) in [6.45, 7) is 4.57. The van der Waals surface area contributed by atoms with Crippen molar-refractivity contribution in [3.05, 3.63) is 31.8 Å². The van der Waals surface area contributed by atoms with Crippen LogP contribution < -0.4 is 5.32 Å². The molecule has 1 amide bonds. The van der Waals surface area contributed by atoms with Crippen LogP contribution in [-0.2, 0) is 4.79 Å². The predicted octanol–water partition coefficient (Wildman–Crippen LogP) is 4.06. The van der Waals surface area contributed by atoms with Gasteiger partial charge in [-0.15, -0.1) is 0 Å². The van der Waals surface area contributed by atoms with E-state index in [2.05, 4.69) is 43.8 Å². The van der Waals surface area contributed by atoms with Crippen LogP contribution >= 0.6 is 38.5 Å². The summed E-state index contributed by atoms with van der Waals surface area (Å²) in [5.41, 5.74) is 0.545. The van der Waals surface area contributed by atoms with E-state index in [1.165, 1.54) is 0 Å². The van der Waals surface area contributed by atoms with Gasteiger partial charge in [0.1, 0.15) is 0 Å². The number of carboxylic acids is 1. The van der Waals surface area contributed by atoms with Crippen LogP contribution in [-0.4, -0.2) is 23.5 Å². The minimum Gasteiger partial charge on any atom is -0.481 e. The van der Waals surface area contributed by atoms with E-state index in [1.54, 1.807) is 6.07 Å². The lowest BCUT2D eigenvalue weighted by molar-refractivity contribution is -0.137. The number of carbonyl (C=O) groups is 2. The highest BCUT2D eigenvalue weighted by Crippen LogP contribution is 2.26. The molecule has 116 valence electrons. The third-order valence-corrected chi connectivity index (χ3v) is 4.71. The molecule has 21 heavy (non-hydrogen) atoms. The maximum absolute atomic E-state index is 12.1. The van der Waals surface area contributed by atoms with E-state index in [0.717, 1.165) is 14.5 Å². The normalized spacial score (nSPS) is 11.2. The smallest absolute Gasteiger partial charge is 0.303 e. The predicted molar refractivity (Wildman–Crippen MR) is 94.5 cm³/mol. The van der Waals surface area contributed by atoms with Crippen molar-refractivity contribution >= 4 is 50.4 Å². The van der Waals surface area contributed by atoms with Crippen LogP contribution in [0.5, 0.6) is 0 Å². The van der Waals surface area contributed by atoms with Crippen LogP contribution in [0.15, 0.2) is 22.7 Å². The Kier molecular flexibility index (Phi) is 7.12. The molecule has 0 saturated carbocycles. The molecule has 2 N–H and O–H groups in total. The van der Waals surface area contributed by atoms with E-state index in [-0.39, 0.29) is 17.7 Å². The van der Waals surface area contributed by atoms with Crippen molar-refractivity contribution in [1.82, 2.24) is 5.32 Å². The molecule has 0 aliphatic rings. The second-order valence-electron chi connectivity index (χ2n) is 5.69. The Morgan fingerprint density at radius 2 is 2.00 bits per heavy atom. The molecular weight excluding hydrogens is 449 g/mol. The molecule has 1 rings (SSSR count). The molecule has 0 unspecified atom stereocenters. The zero-order valence-electron chi connectivity index (χ0n) is 12.1. The van der Waals surface area contributed by atoms with Gasteiger partial charge in [-0.2, -0.15) is 0 Å². The van der Waals surface area contributed by atoms with Gasteiger partial charge in [-0.3, -0.25) is 9.59 Å². The number of rotatable bonds is 7. The van der Waals surface area contributed by atoms with E-state index in [4.69, 9.17) is 5.11 Å². The van der Waals surface area contributed by atoms with Gasteiger partial charge in [-0.1, -0.05) is 29.8 Å².